The van der Waals surface area contributed by atoms with E-state index in [4.69, 9.17) is 4.74 Å². The van der Waals surface area contributed by atoms with Crippen molar-refractivity contribution in [1.29, 1.82) is 0 Å². The molecule has 3 rings (SSSR count). The zero-order valence-corrected chi connectivity index (χ0v) is 18.7. The number of guanidine groups is 1. The molecule has 3 aromatic rings. The third-order valence-electron chi connectivity index (χ3n) is 4.41. The molecule has 0 amide bonds. The summed E-state index contributed by atoms with van der Waals surface area (Å²) < 4.78 is 5.76. The average molecular weight is 490 g/mol. The number of nitrogens with one attached hydrogen (secondary N) is 1. The highest BCUT2D eigenvalue weighted by Crippen LogP contribution is 2.16. The summed E-state index contributed by atoms with van der Waals surface area (Å²) >= 11 is 0. The molecule has 0 atom stereocenters. The van der Waals surface area contributed by atoms with Gasteiger partial charge in [0.15, 0.2) is 5.96 Å². The molecule has 28 heavy (non-hydrogen) atoms. The third-order valence-corrected chi connectivity index (χ3v) is 4.41. The van der Waals surface area contributed by atoms with Crippen LogP contribution in [0.25, 0.3) is 10.9 Å². The number of fused-ring (bicyclic) bond motifs is 1. The first-order chi connectivity index (χ1) is 13.3. The van der Waals surface area contributed by atoms with Crippen LogP contribution >= 0.6 is 24.0 Å². The lowest BCUT2D eigenvalue weighted by atomic mass is 10.1. The van der Waals surface area contributed by atoms with E-state index in [2.05, 4.69) is 44.5 Å². The third kappa shape index (κ3) is 6.09. The van der Waals surface area contributed by atoms with E-state index < -0.39 is 0 Å². The van der Waals surface area contributed by atoms with Crippen LogP contribution in [0.15, 0.2) is 71.9 Å². The Kier molecular flexibility index (Phi) is 9.00. The van der Waals surface area contributed by atoms with E-state index in [0.717, 1.165) is 36.7 Å². The van der Waals surface area contributed by atoms with Gasteiger partial charge in [0, 0.05) is 32.2 Å². The van der Waals surface area contributed by atoms with Crippen molar-refractivity contribution in [1.82, 2.24) is 15.2 Å². The van der Waals surface area contributed by atoms with Gasteiger partial charge < -0.3 is 15.0 Å². The zero-order chi connectivity index (χ0) is 18.9. The largest absolute Gasteiger partial charge is 0.492 e. The molecule has 0 aliphatic carbocycles. The normalized spacial score (nSPS) is 11.0. The molecule has 1 N–H and O–H groups in total. The summed E-state index contributed by atoms with van der Waals surface area (Å²) in [6.07, 6.45) is 2.74. The Hall–Kier alpha value is -2.35. The van der Waals surface area contributed by atoms with E-state index in [-0.39, 0.29) is 24.0 Å². The lowest BCUT2D eigenvalue weighted by molar-refractivity contribution is 0.281. The predicted octanol–water partition coefficient (Wildman–Crippen LogP) is 3.98. The first-order valence-electron chi connectivity index (χ1n) is 9.20. The van der Waals surface area contributed by atoms with Crippen LogP contribution < -0.4 is 10.1 Å². The van der Waals surface area contributed by atoms with Gasteiger partial charge in [-0.05, 0) is 30.2 Å². The van der Waals surface area contributed by atoms with Crippen LogP contribution in [0.2, 0.25) is 0 Å². The smallest absolute Gasteiger partial charge is 0.193 e. The number of aliphatic imine (C=N–C) groups is 1. The van der Waals surface area contributed by atoms with E-state index in [1.807, 2.05) is 49.6 Å². The number of likely N-dealkylation sites (N-methyl/N-ethyl adjacent to an activating group) is 1. The van der Waals surface area contributed by atoms with Gasteiger partial charge in [0.1, 0.15) is 12.4 Å². The van der Waals surface area contributed by atoms with Crippen LogP contribution in [0, 0.1) is 0 Å². The highest BCUT2D eigenvalue weighted by molar-refractivity contribution is 14.0. The maximum absolute atomic E-state index is 5.76. The van der Waals surface area contributed by atoms with Gasteiger partial charge in [0.05, 0.1) is 12.1 Å². The maximum atomic E-state index is 5.76. The van der Waals surface area contributed by atoms with Gasteiger partial charge in [0.25, 0.3) is 0 Å². The molecule has 6 heteroatoms. The van der Waals surface area contributed by atoms with Crippen molar-refractivity contribution in [3.63, 3.8) is 0 Å². The van der Waals surface area contributed by atoms with Crippen LogP contribution in [0.1, 0.15) is 5.56 Å². The standard InChI is InChI=1S/C22H26N4O.HI/c1-23-22(26(2)16-17-27-20-11-4-3-5-12-20)25-15-13-19-9-6-8-18-10-7-14-24-21(18)19;/h3-12,14H,13,15-17H2,1-2H3,(H,23,25);1H. The van der Waals surface area contributed by atoms with Crippen molar-refractivity contribution in [2.75, 3.05) is 33.8 Å². The second kappa shape index (κ2) is 11.5. The van der Waals surface area contributed by atoms with Gasteiger partial charge in [-0.2, -0.15) is 0 Å². The molecule has 0 saturated carbocycles. The van der Waals surface area contributed by atoms with Gasteiger partial charge in [-0.1, -0.05) is 42.5 Å². The Morgan fingerprint density at radius 3 is 2.64 bits per heavy atom. The fourth-order valence-electron chi connectivity index (χ4n) is 2.99. The number of para-hydroxylation sites is 2. The predicted molar refractivity (Wildman–Crippen MR) is 127 cm³/mol. The van der Waals surface area contributed by atoms with Gasteiger partial charge in [-0.3, -0.25) is 9.98 Å². The molecule has 148 valence electrons. The summed E-state index contributed by atoms with van der Waals surface area (Å²) in [4.78, 5) is 11.0. The van der Waals surface area contributed by atoms with Crippen LogP contribution in [0.3, 0.4) is 0 Å². The molecule has 0 bridgehead atoms. The summed E-state index contributed by atoms with van der Waals surface area (Å²) in [6.45, 7) is 2.16. The van der Waals surface area contributed by atoms with Crippen molar-refractivity contribution in [2.24, 2.45) is 4.99 Å². The van der Waals surface area contributed by atoms with Crippen molar-refractivity contribution in [3.05, 3.63) is 72.4 Å². The molecule has 5 nitrogen and oxygen atoms in total. The Morgan fingerprint density at radius 1 is 1.07 bits per heavy atom. The summed E-state index contributed by atoms with van der Waals surface area (Å²) in [7, 11) is 3.82. The van der Waals surface area contributed by atoms with E-state index in [1.54, 1.807) is 7.05 Å². The molecule has 0 unspecified atom stereocenters. The van der Waals surface area contributed by atoms with Gasteiger partial charge in [0.2, 0.25) is 0 Å². The number of rotatable bonds is 7. The minimum absolute atomic E-state index is 0. The lowest BCUT2D eigenvalue weighted by Gasteiger charge is -2.22. The molecule has 0 aliphatic heterocycles. The second-order valence-electron chi connectivity index (χ2n) is 6.30. The molecule has 1 heterocycles. The Labute approximate surface area is 183 Å². The van der Waals surface area contributed by atoms with Crippen molar-refractivity contribution < 1.29 is 4.74 Å². The van der Waals surface area contributed by atoms with Gasteiger partial charge in [-0.15, -0.1) is 24.0 Å². The molecule has 0 saturated heterocycles. The summed E-state index contributed by atoms with van der Waals surface area (Å²) in [5.74, 6) is 1.75. The molecular weight excluding hydrogens is 463 g/mol. The maximum Gasteiger partial charge on any atom is 0.193 e. The van der Waals surface area contributed by atoms with E-state index in [1.165, 1.54) is 10.9 Å². The number of aromatic nitrogens is 1. The number of halogens is 1. The first-order valence-corrected chi connectivity index (χ1v) is 9.20. The van der Waals surface area contributed by atoms with E-state index in [9.17, 15) is 0 Å². The van der Waals surface area contributed by atoms with Crippen molar-refractivity contribution in [2.45, 2.75) is 6.42 Å². The topological polar surface area (TPSA) is 49.8 Å². The molecule has 0 spiro atoms. The number of hydrogen-bond acceptors (Lipinski definition) is 3. The van der Waals surface area contributed by atoms with Crippen molar-refractivity contribution >= 4 is 40.8 Å². The second-order valence-corrected chi connectivity index (χ2v) is 6.30. The van der Waals surface area contributed by atoms with Crippen LogP contribution in [0.5, 0.6) is 5.75 Å². The average Bonchev–Trinajstić information content (AvgIpc) is 2.72. The van der Waals surface area contributed by atoms with Crippen LogP contribution in [-0.2, 0) is 6.42 Å². The Morgan fingerprint density at radius 2 is 1.86 bits per heavy atom. The van der Waals surface area contributed by atoms with Crippen LogP contribution in [-0.4, -0.2) is 49.6 Å². The summed E-state index contributed by atoms with van der Waals surface area (Å²) in [5, 5.41) is 4.60. The summed E-state index contributed by atoms with van der Waals surface area (Å²) in [5.41, 5.74) is 2.31. The molecular formula is C22H27IN4O. The quantitative estimate of drug-likeness (QED) is 0.309. The monoisotopic (exact) mass is 490 g/mol. The Bertz CT molecular complexity index is 881. The molecule has 2 aromatic carbocycles. The highest BCUT2D eigenvalue weighted by Gasteiger charge is 2.07. The van der Waals surface area contributed by atoms with E-state index in [0.29, 0.717) is 6.61 Å². The van der Waals surface area contributed by atoms with Crippen molar-refractivity contribution in [3.8, 4) is 5.75 Å². The Balaban J connectivity index is 0.00000280. The summed E-state index contributed by atoms with van der Waals surface area (Å²) in [6, 6.07) is 20.2. The number of hydrogen-bond donors (Lipinski definition) is 1. The highest BCUT2D eigenvalue weighted by atomic mass is 127. The molecule has 0 fully saturated rings. The zero-order valence-electron chi connectivity index (χ0n) is 16.3. The number of ether oxygens (including phenoxy) is 1. The van der Waals surface area contributed by atoms with Gasteiger partial charge in [-0.25, -0.2) is 0 Å². The number of benzene rings is 2. The fourth-order valence-corrected chi connectivity index (χ4v) is 2.99. The number of nitrogens with zero attached hydrogens (tertiary/aromatic N) is 3. The van der Waals surface area contributed by atoms with Gasteiger partial charge >= 0.3 is 0 Å². The molecule has 0 aliphatic rings. The molecule has 0 radical (unpaired) electrons. The number of pyridine rings is 1. The minimum atomic E-state index is 0. The molecule has 1 aromatic heterocycles. The SMILES string of the molecule is CN=C(NCCc1cccc2cccnc12)N(C)CCOc1ccccc1.I. The minimum Gasteiger partial charge on any atom is -0.492 e. The van der Waals surface area contributed by atoms with Crippen LogP contribution in [0.4, 0.5) is 0 Å². The first kappa shape index (κ1) is 21.9. The van der Waals surface area contributed by atoms with E-state index >= 15 is 0 Å². The lowest BCUT2D eigenvalue weighted by Crippen LogP contribution is -2.41. The fraction of sp³-hybridized carbons (Fsp3) is 0.273.